The zero-order chi connectivity index (χ0) is 20.5. The Bertz CT molecular complexity index is 1080. The van der Waals surface area contributed by atoms with Gasteiger partial charge in [0, 0.05) is 40.7 Å². The summed E-state index contributed by atoms with van der Waals surface area (Å²) in [6.45, 7) is 0.431. The maximum Gasteiger partial charge on any atom is 0.266 e. The highest BCUT2D eigenvalue weighted by atomic mass is 16.3. The van der Waals surface area contributed by atoms with Crippen LogP contribution in [0.3, 0.4) is 0 Å². The van der Waals surface area contributed by atoms with Gasteiger partial charge in [-0.2, -0.15) is 0 Å². The van der Waals surface area contributed by atoms with E-state index in [1.54, 1.807) is 36.4 Å². The molecule has 3 N–H and O–H groups in total. The number of aromatic hydroxyl groups is 1. The van der Waals surface area contributed by atoms with Gasteiger partial charge in [-0.3, -0.25) is 9.59 Å². The Morgan fingerprint density at radius 1 is 0.793 bits per heavy atom. The third-order valence-corrected chi connectivity index (χ3v) is 5.09. The van der Waals surface area contributed by atoms with Crippen LogP contribution in [0.2, 0.25) is 0 Å². The monoisotopic (exact) mass is 392 g/mol. The van der Waals surface area contributed by atoms with E-state index in [2.05, 4.69) is 0 Å². The molecule has 0 saturated heterocycles. The summed E-state index contributed by atoms with van der Waals surface area (Å²) < 4.78 is 0. The van der Waals surface area contributed by atoms with Gasteiger partial charge in [0.2, 0.25) is 0 Å². The number of phenolic OH excluding ortho intramolecular Hbond substituents is 1. The van der Waals surface area contributed by atoms with Crippen molar-refractivity contribution in [2.75, 3.05) is 36.1 Å². The summed E-state index contributed by atoms with van der Waals surface area (Å²) in [5.41, 5.74) is 1.58. The van der Waals surface area contributed by atoms with Crippen molar-refractivity contribution >= 4 is 34.0 Å². The number of amides is 2. The number of carbonyl (C=O) groups is 2. The molecular formula is C22H20N2O5. The highest BCUT2D eigenvalue weighted by Gasteiger charge is 2.35. The van der Waals surface area contributed by atoms with Gasteiger partial charge < -0.3 is 20.2 Å². The van der Waals surface area contributed by atoms with Gasteiger partial charge in [-0.05, 0) is 30.3 Å². The highest BCUT2D eigenvalue weighted by molar-refractivity contribution is 6.36. The fraction of sp³-hybridized carbons (Fsp3) is 0.182. The van der Waals surface area contributed by atoms with Crippen LogP contribution in [0.25, 0.3) is 10.8 Å². The topological polar surface area (TPSA) is 101 Å². The minimum Gasteiger partial charge on any atom is -0.506 e. The minimum atomic E-state index is -0.511. The smallest absolute Gasteiger partial charge is 0.266 e. The summed E-state index contributed by atoms with van der Waals surface area (Å²) in [6, 6.07) is 14.8. The zero-order valence-electron chi connectivity index (χ0n) is 15.6. The predicted molar refractivity (Wildman–Crippen MR) is 110 cm³/mol. The first-order chi connectivity index (χ1) is 14.1. The molecule has 0 radical (unpaired) electrons. The number of imide groups is 1. The van der Waals surface area contributed by atoms with Crippen LogP contribution in [0.4, 0.5) is 11.4 Å². The number of rotatable bonds is 6. The fourth-order valence-corrected chi connectivity index (χ4v) is 3.82. The molecule has 2 amide bonds. The van der Waals surface area contributed by atoms with Gasteiger partial charge >= 0.3 is 0 Å². The van der Waals surface area contributed by atoms with E-state index in [4.69, 9.17) is 0 Å². The first kappa shape index (κ1) is 18.9. The highest BCUT2D eigenvalue weighted by Crippen LogP contribution is 2.39. The quantitative estimate of drug-likeness (QED) is 0.556. The van der Waals surface area contributed by atoms with E-state index in [0.717, 1.165) is 10.6 Å². The van der Waals surface area contributed by atoms with Crippen molar-refractivity contribution in [2.45, 2.75) is 0 Å². The first-order valence-corrected chi connectivity index (χ1v) is 9.27. The average molecular weight is 392 g/mol. The molecule has 0 bridgehead atoms. The van der Waals surface area contributed by atoms with Crippen LogP contribution in [0, 0.1) is 0 Å². The molecule has 0 unspecified atom stereocenters. The van der Waals surface area contributed by atoms with Gasteiger partial charge in [0.05, 0.1) is 18.9 Å². The van der Waals surface area contributed by atoms with Crippen LogP contribution < -0.4 is 9.80 Å². The molecular weight excluding hydrogens is 372 g/mol. The second-order valence-corrected chi connectivity index (χ2v) is 6.73. The van der Waals surface area contributed by atoms with Crippen LogP contribution in [-0.2, 0) is 0 Å². The van der Waals surface area contributed by atoms with Crippen LogP contribution in [-0.4, -0.2) is 53.4 Å². The maximum atomic E-state index is 13.2. The molecule has 0 aromatic heterocycles. The Labute approximate surface area is 167 Å². The predicted octanol–water partition coefficient (Wildman–Crippen LogP) is 2.14. The molecule has 0 aliphatic carbocycles. The summed E-state index contributed by atoms with van der Waals surface area (Å²) in [7, 11) is 0. The number of phenols is 1. The number of nitrogens with zero attached hydrogens (tertiary/aromatic N) is 2. The van der Waals surface area contributed by atoms with E-state index < -0.39 is 11.8 Å². The first-order valence-electron chi connectivity index (χ1n) is 9.27. The molecule has 4 rings (SSSR count). The Balaban J connectivity index is 1.92. The molecule has 1 aliphatic heterocycles. The largest absolute Gasteiger partial charge is 0.506 e. The molecule has 0 spiro atoms. The molecule has 29 heavy (non-hydrogen) atoms. The number of anilines is 2. The Kier molecular flexibility index (Phi) is 4.92. The molecule has 7 heteroatoms. The lowest BCUT2D eigenvalue weighted by Gasteiger charge is -2.30. The van der Waals surface area contributed by atoms with Gasteiger partial charge in [0.25, 0.3) is 11.8 Å². The van der Waals surface area contributed by atoms with Crippen molar-refractivity contribution in [1.29, 1.82) is 0 Å². The number of para-hydroxylation sites is 2. The van der Waals surface area contributed by atoms with Crippen molar-refractivity contribution in [2.24, 2.45) is 0 Å². The van der Waals surface area contributed by atoms with E-state index in [1.807, 2.05) is 11.0 Å². The van der Waals surface area contributed by atoms with E-state index in [-0.39, 0.29) is 24.7 Å². The van der Waals surface area contributed by atoms with Crippen molar-refractivity contribution in [3.63, 3.8) is 0 Å². The van der Waals surface area contributed by atoms with Crippen LogP contribution in [0.15, 0.2) is 54.6 Å². The van der Waals surface area contributed by atoms with Crippen molar-refractivity contribution in [1.82, 2.24) is 0 Å². The van der Waals surface area contributed by atoms with E-state index >= 15 is 0 Å². The molecule has 0 atom stereocenters. The second-order valence-electron chi connectivity index (χ2n) is 6.73. The standard InChI is InChI=1S/C22H20N2O5/c25-12-10-23(11-13-26)17-9-8-16-20-14(17)4-3-5-15(20)21(28)24(22(16)29)18-6-1-2-7-19(18)27/h1-9,25-27H,10-13H2. The second kappa shape index (κ2) is 7.54. The number of hydrogen-bond acceptors (Lipinski definition) is 6. The summed E-state index contributed by atoms with van der Waals surface area (Å²) in [5, 5.41) is 30.1. The minimum absolute atomic E-state index is 0.0954. The van der Waals surface area contributed by atoms with Gasteiger partial charge in [-0.1, -0.05) is 24.3 Å². The molecule has 1 aliphatic rings. The van der Waals surface area contributed by atoms with Crippen LogP contribution in [0.1, 0.15) is 20.7 Å². The van der Waals surface area contributed by atoms with Gasteiger partial charge in [0.15, 0.2) is 0 Å². The van der Waals surface area contributed by atoms with Crippen molar-refractivity contribution in [3.05, 3.63) is 65.7 Å². The number of carbonyl (C=O) groups excluding carboxylic acids is 2. The van der Waals surface area contributed by atoms with Crippen molar-refractivity contribution in [3.8, 4) is 5.75 Å². The summed E-state index contributed by atoms with van der Waals surface area (Å²) in [4.78, 5) is 29.2. The van der Waals surface area contributed by atoms with E-state index in [1.165, 1.54) is 12.1 Å². The van der Waals surface area contributed by atoms with E-state index in [9.17, 15) is 24.9 Å². The Hall–Kier alpha value is -3.42. The summed E-state index contributed by atoms with van der Waals surface area (Å²) in [5.74, 6) is -1.18. The Morgan fingerprint density at radius 2 is 1.45 bits per heavy atom. The lowest BCUT2D eigenvalue weighted by atomic mass is 9.92. The lowest BCUT2D eigenvalue weighted by molar-refractivity contribution is 0.0892. The molecule has 1 heterocycles. The number of hydrogen-bond donors (Lipinski definition) is 3. The summed E-state index contributed by atoms with van der Waals surface area (Å²) >= 11 is 0. The average Bonchev–Trinajstić information content (AvgIpc) is 2.73. The molecule has 7 nitrogen and oxygen atoms in total. The lowest BCUT2D eigenvalue weighted by Crippen LogP contribution is -2.40. The number of aliphatic hydroxyl groups is 2. The third kappa shape index (κ3) is 3.00. The molecule has 3 aromatic rings. The van der Waals surface area contributed by atoms with Crippen LogP contribution in [0.5, 0.6) is 5.75 Å². The van der Waals surface area contributed by atoms with Crippen LogP contribution >= 0.6 is 0 Å². The number of benzene rings is 3. The SMILES string of the molecule is O=C1c2cccc3c(N(CCO)CCO)ccc(c23)C(=O)N1c1ccccc1O. The molecule has 3 aromatic carbocycles. The zero-order valence-corrected chi connectivity index (χ0v) is 15.6. The third-order valence-electron chi connectivity index (χ3n) is 5.09. The molecule has 148 valence electrons. The fourth-order valence-electron chi connectivity index (χ4n) is 3.82. The van der Waals surface area contributed by atoms with Gasteiger partial charge in [0.1, 0.15) is 5.75 Å². The maximum absolute atomic E-state index is 13.2. The van der Waals surface area contributed by atoms with Gasteiger partial charge in [-0.15, -0.1) is 0 Å². The Morgan fingerprint density at radius 3 is 2.10 bits per heavy atom. The van der Waals surface area contributed by atoms with Gasteiger partial charge in [-0.25, -0.2) is 4.90 Å². The number of aliphatic hydroxyl groups excluding tert-OH is 2. The normalized spacial score (nSPS) is 13.2. The van der Waals surface area contributed by atoms with Crippen molar-refractivity contribution < 1.29 is 24.9 Å². The molecule has 0 saturated carbocycles. The van der Waals surface area contributed by atoms with E-state index in [0.29, 0.717) is 35.0 Å². The molecule has 0 fully saturated rings. The summed E-state index contributed by atoms with van der Waals surface area (Å²) in [6.07, 6.45) is 0.